The lowest BCUT2D eigenvalue weighted by Gasteiger charge is -2.22. The van der Waals surface area contributed by atoms with Crippen molar-refractivity contribution >= 4 is 45.1 Å². The van der Waals surface area contributed by atoms with Crippen molar-refractivity contribution < 1.29 is 19.8 Å². The molecule has 0 amide bonds. The number of aryl methyl sites for hydroxylation is 1. The Morgan fingerprint density at radius 2 is 1.97 bits per heavy atom. The molecule has 1 aromatic carbocycles. The molecule has 2 N–H and O–H groups in total. The second-order valence-electron chi connectivity index (χ2n) is 9.35. The van der Waals surface area contributed by atoms with Gasteiger partial charge in [0.15, 0.2) is 0 Å². The fourth-order valence-corrected chi connectivity index (χ4v) is 6.08. The van der Waals surface area contributed by atoms with Crippen LogP contribution < -0.4 is 0 Å². The topological polar surface area (TPSA) is 74.6 Å². The average Bonchev–Trinajstić information content (AvgIpc) is 3.20. The molecule has 1 aromatic heterocycles. The van der Waals surface area contributed by atoms with E-state index < -0.39 is 17.6 Å². The van der Waals surface area contributed by atoms with E-state index in [2.05, 4.69) is 0 Å². The molecule has 0 aliphatic heterocycles. The van der Waals surface area contributed by atoms with Gasteiger partial charge in [-0.15, -0.1) is 11.3 Å². The Morgan fingerprint density at radius 1 is 1.21 bits per heavy atom. The van der Waals surface area contributed by atoms with Crippen LogP contribution in [0.5, 0.6) is 0 Å². The molecule has 33 heavy (non-hydrogen) atoms. The Kier molecular flexibility index (Phi) is 9.05. The van der Waals surface area contributed by atoms with Crippen LogP contribution in [0.1, 0.15) is 50.8 Å². The number of carbonyl (C=O) groups excluding carboxylic acids is 2. The molecule has 4 atom stereocenters. The maximum absolute atomic E-state index is 12.9. The number of aliphatic hydroxyl groups is 2. The Balaban J connectivity index is 1.62. The Bertz CT molecular complexity index is 1020. The molecule has 1 aliphatic carbocycles. The monoisotopic (exact) mass is 488 g/mol. The summed E-state index contributed by atoms with van der Waals surface area (Å²) in [6, 6.07) is 8.01. The van der Waals surface area contributed by atoms with E-state index in [1.165, 1.54) is 0 Å². The number of allylic oxidation sites excluding steroid dienone is 2. The molecule has 1 heterocycles. The lowest BCUT2D eigenvalue weighted by Crippen LogP contribution is -2.31. The number of benzene rings is 1. The first-order chi connectivity index (χ1) is 15.8. The van der Waals surface area contributed by atoms with E-state index >= 15 is 0 Å². The largest absolute Gasteiger partial charge is 0.391 e. The third-order valence-electron chi connectivity index (χ3n) is 6.61. The molecule has 0 unspecified atom stereocenters. The predicted molar refractivity (Wildman–Crippen MR) is 136 cm³/mol. The van der Waals surface area contributed by atoms with Crippen LogP contribution in [-0.2, 0) is 16.0 Å². The number of unbranched alkanes of at least 4 members (excludes halogenated alkanes) is 2. The smallest absolute Gasteiger partial charge is 0.145 e. The second kappa shape index (κ2) is 11.6. The number of fused-ring (bicyclic) bond motifs is 1. The van der Waals surface area contributed by atoms with Gasteiger partial charge in [0, 0.05) is 33.2 Å². The molecule has 178 valence electrons. The maximum Gasteiger partial charge on any atom is 0.145 e. The van der Waals surface area contributed by atoms with Crippen molar-refractivity contribution in [1.29, 1.82) is 0 Å². The van der Waals surface area contributed by atoms with E-state index in [0.717, 1.165) is 39.1 Å². The summed E-state index contributed by atoms with van der Waals surface area (Å²) >= 11 is 8.16. The van der Waals surface area contributed by atoms with Gasteiger partial charge in [0.05, 0.1) is 22.6 Å². The molecule has 0 spiro atoms. The molecule has 3 rings (SSSR count). The molecular formula is C27H33ClO4S. The first-order valence-electron chi connectivity index (χ1n) is 11.6. The van der Waals surface area contributed by atoms with Gasteiger partial charge >= 0.3 is 0 Å². The van der Waals surface area contributed by atoms with Gasteiger partial charge in [-0.2, -0.15) is 0 Å². The number of aldehydes is 1. The normalized spacial score (nSPS) is 23.8. The fraction of sp³-hybridized carbons (Fsp3) is 0.481. The minimum absolute atomic E-state index is 0.0498. The minimum Gasteiger partial charge on any atom is -0.391 e. The van der Waals surface area contributed by atoms with Crippen LogP contribution in [0.2, 0.25) is 5.02 Å². The lowest BCUT2D eigenvalue weighted by atomic mass is 9.86. The summed E-state index contributed by atoms with van der Waals surface area (Å²) in [4.78, 5) is 24.4. The maximum atomic E-state index is 12.9. The number of carbonyl (C=O) groups is 2. The Morgan fingerprint density at radius 3 is 2.70 bits per heavy atom. The molecule has 1 aliphatic rings. The van der Waals surface area contributed by atoms with E-state index in [1.807, 2.05) is 42.5 Å². The van der Waals surface area contributed by atoms with Crippen molar-refractivity contribution in [2.75, 3.05) is 0 Å². The van der Waals surface area contributed by atoms with Crippen molar-refractivity contribution in [1.82, 2.24) is 0 Å². The quantitative estimate of drug-likeness (QED) is 0.234. The number of rotatable bonds is 11. The van der Waals surface area contributed by atoms with Crippen LogP contribution in [0, 0.1) is 17.3 Å². The first-order valence-corrected chi connectivity index (χ1v) is 12.8. The van der Waals surface area contributed by atoms with E-state index in [0.29, 0.717) is 25.7 Å². The van der Waals surface area contributed by atoms with Crippen LogP contribution in [-0.4, -0.2) is 34.5 Å². The van der Waals surface area contributed by atoms with Crippen LogP contribution in [0.25, 0.3) is 10.1 Å². The van der Waals surface area contributed by atoms with Crippen molar-refractivity contribution in [3.05, 3.63) is 58.5 Å². The predicted octanol–water partition coefficient (Wildman–Crippen LogP) is 5.92. The Labute approximate surface area is 205 Å². The summed E-state index contributed by atoms with van der Waals surface area (Å²) in [6.07, 6.45) is 10.8. The SMILES string of the molecule is CC1(C)C(=O)[C@H](C/C=C\CCCC=O)[C@@H](/C=C/[C@H](O)CCc2sc3ccccc3c2Cl)[C@@H]1O. The summed E-state index contributed by atoms with van der Waals surface area (Å²) in [5, 5.41) is 23.2. The van der Waals surface area contributed by atoms with E-state index in [1.54, 1.807) is 31.3 Å². The van der Waals surface area contributed by atoms with E-state index in [-0.39, 0.29) is 17.6 Å². The van der Waals surface area contributed by atoms with Gasteiger partial charge in [0.2, 0.25) is 0 Å². The third-order valence-corrected chi connectivity index (χ3v) is 8.39. The fourth-order valence-electron chi connectivity index (χ4n) is 4.54. The van der Waals surface area contributed by atoms with Crippen molar-refractivity contribution in [3.8, 4) is 0 Å². The number of thiophene rings is 1. The van der Waals surface area contributed by atoms with Gasteiger partial charge in [-0.25, -0.2) is 0 Å². The molecule has 0 bridgehead atoms. The van der Waals surface area contributed by atoms with Gasteiger partial charge in [-0.1, -0.05) is 68.0 Å². The number of hydrogen-bond acceptors (Lipinski definition) is 5. The number of aliphatic hydroxyl groups excluding tert-OH is 2. The summed E-state index contributed by atoms with van der Waals surface area (Å²) in [5.41, 5.74) is -0.819. The van der Waals surface area contributed by atoms with Gasteiger partial charge in [-0.3, -0.25) is 4.79 Å². The zero-order valence-corrected chi connectivity index (χ0v) is 20.8. The highest BCUT2D eigenvalue weighted by Crippen LogP contribution is 2.45. The van der Waals surface area contributed by atoms with Crippen LogP contribution >= 0.6 is 22.9 Å². The average molecular weight is 489 g/mol. The second-order valence-corrected chi connectivity index (χ2v) is 10.9. The number of hydrogen-bond donors (Lipinski definition) is 2. The van der Waals surface area contributed by atoms with Crippen LogP contribution in [0.15, 0.2) is 48.6 Å². The molecule has 0 radical (unpaired) electrons. The van der Waals surface area contributed by atoms with Crippen LogP contribution in [0.3, 0.4) is 0 Å². The highest BCUT2D eigenvalue weighted by Gasteiger charge is 2.52. The molecule has 2 aromatic rings. The summed E-state index contributed by atoms with van der Waals surface area (Å²) in [6.45, 7) is 3.57. The summed E-state index contributed by atoms with van der Waals surface area (Å²) in [5.74, 6) is -0.610. The molecule has 1 saturated carbocycles. The van der Waals surface area contributed by atoms with Gasteiger partial charge in [-0.05, 0) is 38.2 Å². The zero-order chi connectivity index (χ0) is 24.0. The standard InChI is InChI=1S/C27H33ClO4S/c1-27(2)25(31)19(10-6-4-3-5-9-17-29)20(26(27)32)15-13-18(30)14-16-23-24(28)21-11-7-8-12-22(21)33-23/h4,6-8,11-13,15,17-20,26,30,32H,3,5,9-10,14,16H2,1-2H3/b6-4-,15-13+/t18-,19+,20+,26-/m0/s1. The lowest BCUT2D eigenvalue weighted by molar-refractivity contribution is -0.129. The summed E-state index contributed by atoms with van der Waals surface area (Å²) in [7, 11) is 0. The highest BCUT2D eigenvalue weighted by molar-refractivity contribution is 7.19. The molecule has 6 heteroatoms. The van der Waals surface area contributed by atoms with E-state index in [9.17, 15) is 19.8 Å². The molecule has 0 saturated heterocycles. The van der Waals surface area contributed by atoms with E-state index in [4.69, 9.17) is 11.6 Å². The van der Waals surface area contributed by atoms with Gasteiger partial charge in [0.1, 0.15) is 12.1 Å². The molecule has 1 fully saturated rings. The summed E-state index contributed by atoms with van der Waals surface area (Å²) < 4.78 is 1.14. The molecule has 4 nitrogen and oxygen atoms in total. The Hall–Kier alpha value is -1.79. The van der Waals surface area contributed by atoms with Crippen molar-refractivity contribution in [2.45, 2.75) is 64.6 Å². The third kappa shape index (κ3) is 6.02. The number of halogens is 1. The zero-order valence-electron chi connectivity index (χ0n) is 19.2. The molecular weight excluding hydrogens is 456 g/mol. The van der Waals surface area contributed by atoms with Crippen molar-refractivity contribution in [2.24, 2.45) is 17.3 Å². The number of Topliss-reactive ketones (excluding diaryl/α,β-unsaturated/α-hetero) is 1. The van der Waals surface area contributed by atoms with Crippen LogP contribution in [0.4, 0.5) is 0 Å². The van der Waals surface area contributed by atoms with Gasteiger partial charge in [0.25, 0.3) is 0 Å². The minimum atomic E-state index is -0.819. The number of ketones is 1. The van der Waals surface area contributed by atoms with Crippen molar-refractivity contribution in [3.63, 3.8) is 0 Å². The highest BCUT2D eigenvalue weighted by atomic mass is 35.5. The first kappa shape index (κ1) is 25.8. The van der Waals surface area contributed by atoms with Gasteiger partial charge < -0.3 is 15.0 Å².